The van der Waals surface area contributed by atoms with Gasteiger partial charge >= 0.3 is 0 Å². The number of hydrogen-bond acceptors (Lipinski definition) is 2. The molecule has 3 aromatic rings. The van der Waals surface area contributed by atoms with E-state index in [0.29, 0.717) is 12.7 Å². The second-order valence-electron chi connectivity index (χ2n) is 7.04. The first-order valence-corrected chi connectivity index (χ1v) is 9.92. The number of benzene rings is 3. The van der Waals surface area contributed by atoms with Crippen LogP contribution in [0, 0.1) is 0 Å². The van der Waals surface area contributed by atoms with Crippen molar-refractivity contribution in [1.29, 1.82) is 0 Å². The highest BCUT2D eigenvalue weighted by molar-refractivity contribution is 6.30. The van der Waals surface area contributed by atoms with Crippen LogP contribution >= 0.6 is 11.6 Å². The summed E-state index contributed by atoms with van der Waals surface area (Å²) in [6, 6.07) is 27.3. The molecule has 0 atom stereocenters. The number of rotatable bonds is 5. The van der Waals surface area contributed by atoms with Crippen LogP contribution in [-0.2, 0) is 11.3 Å². The molecule has 0 bridgehead atoms. The Kier molecular flexibility index (Phi) is 5.76. The zero-order valence-corrected chi connectivity index (χ0v) is 16.1. The van der Waals surface area contributed by atoms with E-state index in [9.17, 15) is 0 Å². The number of anilines is 1. The van der Waals surface area contributed by atoms with E-state index in [4.69, 9.17) is 16.3 Å². The van der Waals surface area contributed by atoms with E-state index in [1.807, 2.05) is 24.3 Å². The van der Waals surface area contributed by atoms with E-state index in [2.05, 4.69) is 59.5 Å². The Morgan fingerprint density at radius 1 is 0.778 bits per heavy atom. The maximum atomic E-state index is 6.10. The number of hydrogen-bond donors (Lipinski definition) is 0. The molecule has 2 nitrogen and oxygen atoms in total. The number of halogens is 1. The highest BCUT2D eigenvalue weighted by atomic mass is 35.5. The Hall–Kier alpha value is -2.29. The van der Waals surface area contributed by atoms with Crippen molar-refractivity contribution in [3.05, 3.63) is 89.4 Å². The Morgan fingerprint density at radius 3 is 2.07 bits per heavy atom. The van der Waals surface area contributed by atoms with Crippen LogP contribution in [0.3, 0.4) is 0 Å². The summed E-state index contributed by atoms with van der Waals surface area (Å²) in [7, 11) is 0. The molecule has 3 aromatic carbocycles. The second kappa shape index (κ2) is 8.60. The molecule has 0 aliphatic carbocycles. The molecule has 0 radical (unpaired) electrons. The quantitative estimate of drug-likeness (QED) is 0.525. The minimum atomic E-state index is 0.334. The summed E-state index contributed by atoms with van der Waals surface area (Å²) < 4.78 is 6.10. The van der Waals surface area contributed by atoms with Crippen LogP contribution in [0.2, 0.25) is 5.02 Å². The van der Waals surface area contributed by atoms with Crippen molar-refractivity contribution in [3.8, 4) is 11.1 Å². The summed E-state index contributed by atoms with van der Waals surface area (Å²) >= 11 is 5.93. The maximum absolute atomic E-state index is 6.10. The van der Waals surface area contributed by atoms with Gasteiger partial charge in [-0.1, -0.05) is 66.2 Å². The minimum absolute atomic E-state index is 0.334. The molecule has 0 aromatic heterocycles. The van der Waals surface area contributed by atoms with Crippen LogP contribution in [-0.4, -0.2) is 19.2 Å². The van der Waals surface area contributed by atoms with Crippen LogP contribution in [0.5, 0.6) is 0 Å². The summed E-state index contributed by atoms with van der Waals surface area (Å²) in [6.45, 7) is 2.74. The van der Waals surface area contributed by atoms with Gasteiger partial charge in [-0.2, -0.15) is 0 Å². The lowest BCUT2D eigenvalue weighted by atomic mass is 10.0. The van der Waals surface area contributed by atoms with Crippen molar-refractivity contribution in [2.45, 2.75) is 25.6 Å². The SMILES string of the molecule is Clc1ccc(COC2CCN(c3ccc(-c4ccccc4)cc3)CC2)cc1. The zero-order chi connectivity index (χ0) is 18.5. The van der Waals surface area contributed by atoms with Crippen molar-refractivity contribution in [2.75, 3.05) is 18.0 Å². The van der Waals surface area contributed by atoms with Gasteiger partial charge in [0.2, 0.25) is 0 Å². The fourth-order valence-electron chi connectivity index (χ4n) is 3.57. The molecule has 1 fully saturated rings. The second-order valence-corrected chi connectivity index (χ2v) is 7.47. The largest absolute Gasteiger partial charge is 0.373 e. The zero-order valence-electron chi connectivity index (χ0n) is 15.4. The molecule has 0 amide bonds. The monoisotopic (exact) mass is 377 g/mol. The lowest BCUT2D eigenvalue weighted by Gasteiger charge is -2.33. The van der Waals surface area contributed by atoms with Crippen LogP contribution in [0.25, 0.3) is 11.1 Å². The smallest absolute Gasteiger partial charge is 0.0720 e. The van der Waals surface area contributed by atoms with Crippen LogP contribution in [0.15, 0.2) is 78.9 Å². The molecular weight excluding hydrogens is 354 g/mol. The van der Waals surface area contributed by atoms with Crippen LogP contribution in [0.4, 0.5) is 5.69 Å². The van der Waals surface area contributed by atoms with Gasteiger partial charge in [0.25, 0.3) is 0 Å². The lowest BCUT2D eigenvalue weighted by Crippen LogP contribution is -2.36. The topological polar surface area (TPSA) is 12.5 Å². The lowest BCUT2D eigenvalue weighted by molar-refractivity contribution is 0.0251. The maximum Gasteiger partial charge on any atom is 0.0720 e. The first-order chi connectivity index (χ1) is 13.3. The van der Waals surface area contributed by atoms with Gasteiger partial charge in [-0.25, -0.2) is 0 Å². The molecule has 3 heteroatoms. The first kappa shape index (κ1) is 18.1. The Labute approximate surface area is 166 Å². The van der Waals surface area contributed by atoms with Gasteiger partial charge in [0.1, 0.15) is 0 Å². The molecule has 1 heterocycles. The third-order valence-corrected chi connectivity index (χ3v) is 5.43. The molecule has 0 saturated carbocycles. The van der Waals surface area contributed by atoms with Crippen molar-refractivity contribution < 1.29 is 4.74 Å². The van der Waals surface area contributed by atoms with E-state index >= 15 is 0 Å². The average molecular weight is 378 g/mol. The summed E-state index contributed by atoms with van der Waals surface area (Å²) in [5.41, 5.74) is 5.00. The number of nitrogens with zero attached hydrogens (tertiary/aromatic N) is 1. The van der Waals surface area contributed by atoms with E-state index in [1.165, 1.54) is 22.4 Å². The highest BCUT2D eigenvalue weighted by Gasteiger charge is 2.20. The summed E-state index contributed by atoms with van der Waals surface area (Å²) in [4.78, 5) is 2.46. The molecule has 0 unspecified atom stereocenters. The van der Waals surface area contributed by atoms with Gasteiger partial charge in [0.15, 0.2) is 0 Å². The predicted molar refractivity (Wildman–Crippen MR) is 113 cm³/mol. The summed E-state index contributed by atoms with van der Waals surface area (Å²) in [5.74, 6) is 0. The minimum Gasteiger partial charge on any atom is -0.373 e. The van der Waals surface area contributed by atoms with Gasteiger partial charge in [0, 0.05) is 23.8 Å². The van der Waals surface area contributed by atoms with Crippen LogP contribution in [0.1, 0.15) is 18.4 Å². The predicted octanol–water partition coefficient (Wildman–Crippen LogP) is 6.19. The highest BCUT2D eigenvalue weighted by Crippen LogP contribution is 2.26. The van der Waals surface area contributed by atoms with Gasteiger partial charge in [0.05, 0.1) is 12.7 Å². The van der Waals surface area contributed by atoms with Gasteiger partial charge < -0.3 is 9.64 Å². The van der Waals surface area contributed by atoms with E-state index in [1.54, 1.807) is 0 Å². The molecule has 0 N–H and O–H groups in total. The molecule has 138 valence electrons. The molecule has 1 saturated heterocycles. The van der Waals surface area contributed by atoms with E-state index < -0.39 is 0 Å². The normalized spacial score (nSPS) is 15.1. The third kappa shape index (κ3) is 4.71. The molecule has 0 spiro atoms. The first-order valence-electron chi connectivity index (χ1n) is 9.54. The number of piperidine rings is 1. The molecular formula is C24H24ClNO. The fraction of sp³-hybridized carbons (Fsp3) is 0.250. The van der Waals surface area contributed by atoms with Crippen molar-refractivity contribution in [3.63, 3.8) is 0 Å². The van der Waals surface area contributed by atoms with Crippen molar-refractivity contribution in [2.24, 2.45) is 0 Å². The van der Waals surface area contributed by atoms with Gasteiger partial charge in [-0.05, 0) is 53.8 Å². The Bertz CT molecular complexity index is 838. The molecule has 4 rings (SSSR count). The van der Waals surface area contributed by atoms with E-state index in [0.717, 1.165) is 31.0 Å². The average Bonchev–Trinajstić information content (AvgIpc) is 2.75. The molecule has 1 aliphatic heterocycles. The third-order valence-electron chi connectivity index (χ3n) is 5.18. The van der Waals surface area contributed by atoms with E-state index in [-0.39, 0.29) is 0 Å². The van der Waals surface area contributed by atoms with Crippen molar-refractivity contribution >= 4 is 17.3 Å². The number of ether oxygens (including phenoxy) is 1. The van der Waals surface area contributed by atoms with Gasteiger partial charge in [-0.3, -0.25) is 0 Å². The fourth-order valence-corrected chi connectivity index (χ4v) is 3.70. The van der Waals surface area contributed by atoms with Crippen LogP contribution < -0.4 is 4.90 Å². The van der Waals surface area contributed by atoms with Gasteiger partial charge in [-0.15, -0.1) is 0 Å². The Morgan fingerprint density at radius 2 is 1.41 bits per heavy atom. The standard InChI is InChI=1S/C24H24ClNO/c25-22-10-6-19(7-11-22)18-27-24-14-16-26(17-15-24)23-12-8-21(9-13-23)20-4-2-1-3-5-20/h1-13,24H,14-18H2. The molecule has 1 aliphatic rings. The Balaban J connectivity index is 1.29. The summed E-state index contributed by atoms with van der Waals surface area (Å²) in [5, 5.41) is 0.769. The summed E-state index contributed by atoms with van der Waals surface area (Å²) in [6.07, 6.45) is 2.46. The molecule has 27 heavy (non-hydrogen) atoms. The van der Waals surface area contributed by atoms with Crippen molar-refractivity contribution in [1.82, 2.24) is 0 Å².